The number of aromatic nitrogens is 3. The molecule has 4 nitrogen and oxygen atoms in total. The average Bonchev–Trinajstić information content (AvgIpc) is 3.32. The zero-order valence-corrected chi connectivity index (χ0v) is 18.4. The molecule has 0 N–H and O–H groups in total. The number of rotatable bonds is 2. The molecule has 2 heterocycles. The van der Waals surface area contributed by atoms with E-state index in [1.54, 1.807) is 4.80 Å². The quantitative estimate of drug-likeness (QED) is 0.277. The maximum Gasteiger partial charge on any atom is 0.121 e. The smallest absolute Gasteiger partial charge is 0.121 e. The van der Waals surface area contributed by atoms with E-state index >= 15 is 0 Å². The molecule has 5 aromatic carbocycles. The van der Waals surface area contributed by atoms with Crippen molar-refractivity contribution in [1.29, 1.82) is 0 Å². The molecule has 7 rings (SSSR count). The summed E-state index contributed by atoms with van der Waals surface area (Å²) in [7, 11) is 0. The van der Waals surface area contributed by atoms with Crippen LogP contribution < -0.4 is 4.90 Å². The predicted octanol–water partition coefficient (Wildman–Crippen LogP) is 7.51. The summed E-state index contributed by atoms with van der Waals surface area (Å²) in [6.07, 6.45) is 0. The van der Waals surface area contributed by atoms with Gasteiger partial charge in [0.05, 0.1) is 17.1 Å². The summed E-state index contributed by atoms with van der Waals surface area (Å²) in [5, 5.41) is 11.8. The van der Waals surface area contributed by atoms with Crippen molar-refractivity contribution in [2.24, 2.45) is 0 Å². The second-order valence-corrected chi connectivity index (χ2v) is 9.12. The van der Waals surface area contributed by atoms with Gasteiger partial charge in [0.2, 0.25) is 0 Å². The molecule has 6 aromatic rings. The lowest BCUT2D eigenvalue weighted by Gasteiger charge is -2.32. The van der Waals surface area contributed by atoms with Gasteiger partial charge in [-0.2, -0.15) is 4.80 Å². The number of hydrogen-bond acceptors (Lipinski definition) is 4. The molecule has 0 aliphatic carbocycles. The van der Waals surface area contributed by atoms with E-state index in [-0.39, 0.29) is 0 Å². The SMILES string of the molecule is c1ccc2c(c1)Sc1ccccc1N2c1ccc(-n2nc3ccc4ccccc4c3n2)cc1. The molecular formula is C28H18N4S. The first kappa shape index (κ1) is 18.5. The molecule has 0 radical (unpaired) electrons. The standard InChI is InChI=1S/C28H18N4S/c1-2-8-22-19(7-1)13-18-23-28(22)30-32(29-23)21-16-14-20(15-17-21)31-24-9-3-5-11-26(24)33-27-12-6-4-10-25(27)31/h1-18H. The third-order valence-corrected chi connectivity index (χ3v) is 7.18. The van der Waals surface area contributed by atoms with Gasteiger partial charge >= 0.3 is 0 Å². The number of benzene rings is 5. The van der Waals surface area contributed by atoms with Crippen molar-refractivity contribution in [1.82, 2.24) is 15.0 Å². The Morgan fingerprint density at radius 3 is 1.94 bits per heavy atom. The minimum atomic E-state index is 0.897. The van der Waals surface area contributed by atoms with E-state index in [2.05, 4.69) is 95.9 Å². The van der Waals surface area contributed by atoms with Crippen LogP contribution in [0.15, 0.2) is 119 Å². The zero-order valence-electron chi connectivity index (χ0n) is 17.6. The van der Waals surface area contributed by atoms with Gasteiger partial charge in [0, 0.05) is 20.9 Å². The van der Waals surface area contributed by atoms with Crippen LogP contribution in [0, 0.1) is 0 Å². The average molecular weight is 443 g/mol. The van der Waals surface area contributed by atoms with Crippen LogP contribution in [0.4, 0.5) is 17.1 Å². The molecule has 0 spiro atoms. The van der Waals surface area contributed by atoms with Crippen molar-refractivity contribution in [3.8, 4) is 5.69 Å². The molecule has 0 saturated heterocycles. The van der Waals surface area contributed by atoms with Crippen LogP contribution in [-0.2, 0) is 0 Å². The largest absolute Gasteiger partial charge is 0.308 e. The topological polar surface area (TPSA) is 34.0 Å². The number of fused-ring (bicyclic) bond motifs is 5. The maximum atomic E-state index is 4.81. The Morgan fingerprint density at radius 2 is 1.18 bits per heavy atom. The van der Waals surface area contributed by atoms with Gasteiger partial charge in [-0.25, -0.2) is 0 Å². The molecule has 156 valence electrons. The maximum absolute atomic E-state index is 4.81. The first-order valence-corrected chi connectivity index (χ1v) is 11.7. The molecule has 1 aliphatic rings. The Labute approximate surface area is 195 Å². The van der Waals surface area contributed by atoms with Crippen molar-refractivity contribution >= 4 is 50.6 Å². The fourth-order valence-corrected chi connectivity index (χ4v) is 5.54. The number of anilines is 3. The van der Waals surface area contributed by atoms with Crippen LogP contribution in [0.1, 0.15) is 0 Å². The van der Waals surface area contributed by atoms with E-state index in [1.807, 2.05) is 30.0 Å². The summed E-state index contributed by atoms with van der Waals surface area (Å²) in [6, 6.07) is 38.0. The van der Waals surface area contributed by atoms with Crippen LogP contribution in [0.2, 0.25) is 0 Å². The summed E-state index contributed by atoms with van der Waals surface area (Å²) in [5.41, 5.74) is 6.27. The molecule has 33 heavy (non-hydrogen) atoms. The molecule has 0 bridgehead atoms. The number of nitrogens with zero attached hydrogens (tertiary/aromatic N) is 4. The van der Waals surface area contributed by atoms with Gasteiger partial charge in [-0.1, -0.05) is 66.4 Å². The Balaban J connectivity index is 1.32. The van der Waals surface area contributed by atoms with Crippen molar-refractivity contribution < 1.29 is 0 Å². The van der Waals surface area contributed by atoms with E-state index < -0.39 is 0 Å². The van der Waals surface area contributed by atoms with Crippen molar-refractivity contribution in [3.63, 3.8) is 0 Å². The van der Waals surface area contributed by atoms with Gasteiger partial charge in [0.15, 0.2) is 0 Å². The van der Waals surface area contributed by atoms with E-state index in [0.717, 1.165) is 27.8 Å². The Morgan fingerprint density at radius 1 is 0.545 bits per heavy atom. The van der Waals surface area contributed by atoms with Crippen LogP contribution in [0.25, 0.3) is 27.5 Å². The second-order valence-electron chi connectivity index (χ2n) is 8.03. The van der Waals surface area contributed by atoms with Crippen molar-refractivity contribution in [2.75, 3.05) is 4.90 Å². The lowest BCUT2D eigenvalue weighted by Crippen LogP contribution is -2.14. The fourth-order valence-electron chi connectivity index (χ4n) is 4.48. The highest BCUT2D eigenvalue weighted by Crippen LogP contribution is 2.51. The lowest BCUT2D eigenvalue weighted by molar-refractivity contribution is 0.766. The first-order valence-electron chi connectivity index (χ1n) is 10.9. The first-order chi connectivity index (χ1) is 16.3. The molecule has 0 amide bonds. The summed E-state index contributed by atoms with van der Waals surface area (Å²) in [5.74, 6) is 0. The van der Waals surface area contributed by atoms with Crippen LogP contribution in [0.3, 0.4) is 0 Å². The predicted molar refractivity (Wildman–Crippen MR) is 135 cm³/mol. The highest BCUT2D eigenvalue weighted by atomic mass is 32.2. The fraction of sp³-hybridized carbons (Fsp3) is 0. The summed E-state index contributed by atoms with van der Waals surface area (Å²) >= 11 is 1.82. The Kier molecular flexibility index (Phi) is 4.04. The Bertz CT molecular complexity index is 1610. The van der Waals surface area contributed by atoms with E-state index in [0.29, 0.717) is 0 Å². The monoisotopic (exact) mass is 442 g/mol. The molecule has 1 aromatic heterocycles. The molecule has 1 aliphatic heterocycles. The lowest BCUT2D eigenvalue weighted by atomic mass is 10.1. The molecule has 5 heteroatoms. The summed E-state index contributed by atoms with van der Waals surface area (Å²) in [4.78, 5) is 6.57. The van der Waals surface area contributed by atoms with Gasteiger partial charge in [0.1, 0.15) is 11.0 Å². The number of hydrogen-bond donors (Lipinski definition) is 0. The van der Waals surface area contributed by atoms with E-state index in [9.17, 15) is 0 Å². The van der Waals surface area contributed by atoms with Gasteiger partial charge in [-0.05, 0) is 60.0 Å². The number of para-hydroxylation sites is 2. The van der Waals surface area contributed by atoms with E-state index in [1.165, 1.54) is 26.6 Å². The molecular weight excluding hydrogens is 424 g/mol. The van der Waals surface area contributed by atoms with Crippen LogP contribution in [-0.4, -0.2) is 15.0 Å². The van der Waals surface area contributed by atoms with E-state index in [4.69, 9.17) is 10.2 Å². The van der Waals surface area contributed by atoms with Crippen LogP contribution >= 0.6 is 11.8 Å². The highest BCUT2D eigenvalue weighted by Gasteiger charge is 2.24. The van der Waals surface area contributed by atoms with Gasteiger partial charge < -0.3 is 4.90 Å². The highest BCUT2D eigenvalue weighted by molar-refractivity contribution is 7.99. The van der Waals surface area contributed by atoms with Gasteiger partial charge in [0.25, 0.3) is 0 Å². The molecule has 0 fully saturated rings. The third kappa shape index (κ3) is 2.93. The minimum absolute atomic E-state index is 0.897. The molecule has 0 atom stereocenters. The molecule has 0 saturated carbocycles. The zero-order chi connectivity index (χ0) is 21.8. The normalized spacial score (nSPS) is 12.7. The second kappa shape index (κ2) is 7.22. The van der Waals surface area contributed by atoms with Crippen molar-refractivity contribution in [3.05, 3.63) is 109 Å². The molecule has 0 unspecified atom stereocenters. The van der Waals surface area contributed by atoms with Crippen LogP contribution in [0.5, 0.6) is 0 Å². The summed E-state index contributed by atoms with van der Waals surface area (Å²) < 4.78 is 0. The minimum Gasteiger partial charge on any atom is -0.308 e. The van der Waals surface area contributed by atoms with Crippen molar-refractivity contribution in [2.45, 2.75) is 9.79 Å². The Hall–Kier alpha value is -4.09. The van der Waals surface area contributed by atoms with Gasteiger partial charge in [-0.15, -0.1) is 10.2 Å². The summed E-state index contributed by atoms with van der Waals surface area (Å²) in [6.45, 7) is 0. The van der Waals surface area contributed by atoms with Gasteiger partial charge in [-0.3, -0.25) is 0 Å². The third-order valence-electron chi connectivity index (χ3n) is 6.05.